The largest absolute Gasteiger partial charge is 0.307 e. The molecule has 6 nitrogen and oxygen atoms in total. The lowest BCUT2D eigenvalue weighted by molar-refractivity contribution is -0.385. The van der Waals surface area contributed by atoms with Crippen molar-refractivity contribution in [2.75, 3.05) is 0 Å². The molecule has 91 heavy (non-hydrogen) atoms. The highest BCUT2D eigenvalue weighted by molar-refractivity contribution is 6.17. The molecule has 3 heterocycles. The summed E-state index contributed by atoms with van der Waals surface area (Å²) < 4.78 is 7.19. The molecule has 17 rings (SSSR count). The molecule has 3 aromatic heterocycles. The van der Waals surface area contributed by atoms with E-state index in [0.29, 0.717) is 12.1 Å². The third kappa shape index (κ3) is 8.54. The Kier molecular flexibility index (Phi) is 12.2. The number of rotatable bonds is 10. The molecular formula is C85H62N4O2. The Morgan fingerprint density at radius 3 is 0.736 bits per heavy atom. The van der Waals surface area contributed by atoms with Crippen molar-refractivity contribution in [2.45, 2.75) is 44.9 Å². The molecule has 0 saturated carbocycles. The lowest BCUT2D eigenvalue weighted by Crippen LogP contribution is -2.21. The third-order valence-corrected chi connectivity index (χ3v) is 19.4. The molecule has 1 aliphatic rings. The highest BCUT2D eigenvalue weighted by Crippen LogP contribution is 2.61. The number of hydrogen-bond acceptors (Lipinski definition) is 2. The molecule has 0 spiro atoms. The van der Waals surface area contributed by atoms with E-state index in [0.717, 1.165) is 155 Å². The van der Waals surface area contributed by atoms with Crippen LogP contribution in [0.25, 0.3) is 149 Å². The summed E-state index contributed by atoms with van der Waals surface area (Å²) in [5.74, 6) is 0. The summed E-state index contributed by atoms with van der Waals surface area (Å²) in [6.07, 6.45) is 0.668. The summed E-state index contributed by atoms with van der Waals surface area (Å²) in [4.78, 5) is 15.5. The zero-order valence-electron chi connectivity index (χ0n) is 51.0. The maximum atomic E-state index is 15.5. The zero-order valence-corrected chi connectivity index (χ0v) is 51.0. The van der Waals surface area contributed by atoms with Crippen LogP contribution in [0.2, 0.25) is 0 Å². The van der Waals surface area contributed by atoms with Crippen LogP contribution in [0.4, 0.5) is 5.69 Å². The quantitative estimate of drug-likeness (QED) is 0.101. The third-order valence-electron chi connectivity index (χ3n) is 19.4. The standard InChI is InChI=1S/C85H62N4O2/c1-84(2)53-85(3,4)79-78(84)80(86-72-41-35-60(54-23-11-5-12-24-54)47-66(72)67-48-61(36-42-73(67)86)55-25-13-6-14-26-55)82(87-74-43-37-62(56-27-15-7-16-28-56)49-68(74)69-50-63(38-44-75(69)87)57-29-17-8-18-30-57)83(81(79)89(90)91)88-76-45-39-64(58-31-19-9-20-32-58)51-70(76)71-52-65(40-46-77(71)88)59-33-21-10-22-34-59/h5-52H,53H2,1-4H3. The zero-order chi connectivity index (χ0) is 61.3. The van der Waals surface area contributed by atoms with Gasteiger partial charge in [-0.1, -0.05) is 246 Å². The highest BCUT2D eigenvalue weighted by atomic mass is 16.6. The summed E-state index contributed by atoms with van der Waals surface area (Å²) in [5, 5.41) is 21.8. The van der Waals surface area contributed by atoms with Crippen LogP contribution in [0.15, 0.2) is 291 Å². The number of benzene rings is 13. The Balaban J connectivity index is 1.12. The van der Waals surface area contributed by atoms with Gasteiger partial charge in [0.2, 0.25) is 0 Å². The van der Waals surface area contributed by atoms with E-state index >= 15 is 10.1 Å². The number of nitro groups is 1. The van der Waals surface area contributed by atoms with Gasteiger partial charge in [0, 0.05) is 37.9 Å². The average molecular weight is 1170 g/mol. The molecule has 0 aliphatic heterocycles. The first kappa shape index (κ1) is 53.9. The fourth-order valence-electron chi connectivity index (χ4n) is 15.8. The Morgan fingerprint density at radius 2 is 0.495 bits per heavy atom. The van der Waals surface area contributed by atoms with E-state index in [1.807, 2.05) is 0 Å². The highest BCUT2D eigenvalue weighted by Gasteiger charge is 2.52. The normalized spacial score (nSPS) is 13.5. The van der Waals surface area contributed by atoms with Gasteiger partial charge in [-0.15, -0.1) is 0 Å². The fraction of sp³-hybridized carbons (Fsp3) is 0.0824. The summed E-state index contributed by atoms with van der Waals surface area (Å²) >= 11 is 0. The second-order valence-electron chi connectivity index (χ2n) is 25.9. The van der Waals surface area contributed by atoms with E-state index < -0.39 is 10.8 Å². The summed E-state index contributed by atoms with van der Waals surface area (Å²) in [5.41, 5.74) is 21.5. The van der Waals surface area contributed by atoms with Crippen LogP contribution in [0.3, 0.4) is 0 Å². The van der Waals surface area contributed by atoms with Crippen LogP contribution in [-0.4, -0.2) is 18.6 Å². The van der Waals surface area contributed by atoms with Gasteiger partial charge in [-0.2, -0.15) is 0 Å². The van der Waals surface area contributed by atoms with Crippen molar-refractivity contribution < 1.29 is 4.92 Å². The van der Waals surface area contributed by atoms with Crippen LogP contribution in [0.1, 0.15) is 45.2 Å². The second kappa shape index (κ2) is 20.6. The van der Waals surface area contributed by atoms with Gasteiger partial charge in [-0.05, 0) is 162 Å². The van der Waals surface area contributed by atoms with Crippen molar-refractivity contribution in [3.8, 4) is 83.8 Å². The van der Waals surface area contributed by atoms with Crippen molar-refractivity contribution in [1.29, 1.82) is 0 Å². The van der Waals surface area contributed by atoms with Crippen LogP contribution >= 0.6 is 0 Å². The van der Waals surface area contributed by atoms with Gasteiger partial charge in [0.05, 0.1) is 43.7 Å². The molecule has 1 aliphatic carbocycles. The maximum absolute atomic E-state index is 15.5. The number of hydrogen-bond donors (Lipinski definition) is 0. The molecule has 16 aromatic rings. The Bertz CT molecular complexity index is 5320. The van der Waals surface area contributed by atoms with E-state index in [1.54, 1.807) is 0 Å². The van der Waals surface area contributed by atoms with Gasteiger partial charge in [0.25, 0.3) is 5.69 Å². The topological polar surface area (TPSA) is 57.9 Å². The first-order chi connectivity index (χ1) is 44.5. The molecule has 6 heteroatoms. The van der Waals surface area contributed by atoms with Gasteiger partial charge < -0.3 is 13.7 Å². The molecule has 0 N–H and O–H groups in total. The van der Waals surface area contributed by atoms with Crippen molar-refractivity contribution >= 4 is 71.1 Å². The fourth-order valence-corrected chi connectivity index (χ4v) is 15.8. The first-order valence-corrected chi connectivity index (χ1v) is 31.5. The monoisotopic (exact) mass is 1170 g/mol. The predicted molar refractivity (Wildman–Crippen MR) is 379 cm³/mol. The molecule has 0 radical (unpaired) electrons. The van der Waals surface area contributed by atoms with Gasteiger partial charge >= 0.3 is 0 Å². The number of aromatic nitrogens is 3. The molecule has 0 atom stereocenters. The van der Waals surface area contributed by atoms with Gasteiger partial charge in [-0.25, -0.2) is 0 Å². The Labute approximate surface area is 527 Å². The molecular weight excluding hydrogens is 1110 g/mol. The van der Waals surface area contributed by atoms with Crippen molar-refractivity contribution in [3.63, 3.8) is 0 Å². The van der Waals surface area contributed by atoms with Crippen LogP contribution in [-0.2, 0) is 10.8 Å². The van der Waals surface area contributed by atoms with E-state index in [4.69, 9.17) is 0 Å². The van der Waals surface area contributed by atoms with Crippen molar-refractivity contribution in [1.82, 2.24) is 13.7 Å². The van der Waals surface area contributed by atoms with Crippen LogP contribution in [0.5, 0.6) is 0 Å². The molecule has 434 valence electrons. The second-order valence-corrected chi connectivity index (χ2v) is 25.9. The van der Waals surface area contributed by atoms with Crippen LogP contribution < -0.4 is 0 Å². The van der Waals surface area contributed by atoms with Crippen LogP contribution in [0, 0.1) is 10.1 Å². The molecule has 13 aromatic carbocycles. The van der Waals surface area contributed by atoms with Crippen molar-refractivity contribution in [2.24, 2.45) is 0 Å². The van der Waals surface area contributed by atoms with Crippen molar-refractivity contribution in [3.05, 3.63) is 312 Å². The minimum absolute atomic E-state index is 0.0437. The van der Waals surface area contributed by atoms with E-state index in [9.17, 15) is 0 Å². The summed E-state index contributed by atoms with van der Waals surface area (Å²) in [6.45, 7) is 9.08. The molecule has 0 bridgehead atoms. The minimum Gasteiger partial charge on any atom is -0.307 e. The number of nitro benzene ring substituents is 1. The SMILES string of the molecule is CC1(C)CC(C)(C)c2c([N+](=O)[O-])c(-n3c4ccc(-c5ccccc5)cc4c4cc(-c5ccccc5)ccc43)c(-n3c4ccc(-c5ccccc5)cc4c4cc(-c5ccccc5)ccc43)c(-n3c4ccc(-c5ccccc5)cc4c4cc(-c5ccccc5)ccc43)c21. The summed E-state index contributed by atoms with van der Waals surface area (Å²) in [6, 6.07) is 104. The lowest BCUT2D eigenvalue weighted by atomic mass is 9.81. The first-order valence-electron chi connectivity index (χ1n) is 31.5. The van der Waals surface area contributed by atoms with Gasteiger partial charge in [0.15, 0.2) is 5.69 Å². The molecule has 0 fully saturated rings. The average Bonchev–Trinajstić information content (AvgIpc) is 1.54. The molecule has 0 saturated heterocycles. The van der Waals surface area contributed by atoms with Gasteiger partial charge in [-0.3, -0.25) is 10.1 Å². The summed E-state index contributed by atoms with van der Waals surface area (Å²) in [7, 11) is 0. The smallest absolute Gasteiger partial charge is 0.299 e. The van der Waals surface area contributed by atoms with E-state index in [-0.39, 0.29) is 10.6 Å². The molecule has 0 unspecified atom stereocenters. The Hall–Kier alpha value is -11.3. The molecule has 0 amide bonds. The maximum Gasteiger partial charge on any atom is 0.299 e. The van der Waals surface area contributed by atoms with Gasteiger partial charge in [0.1, 0.15) is 5.69 Å². The lowest BCUT2D eigenvalue weighted by Gasteiger charge is -2.29. The number of fused-ring (bicyclic) bond motifs is 10. The Morgan fingerprint density at radius 1 is 0.275 bits per heavy atom. The minimum atomic E-state index is -0.668. The van der Waals surface area contributed by atoms with E-state index in [1.165, 1.54) is 0 Å². The number of nitrogens with zero attached hydrogens (tertiary/aromatic N) is 4. The predicted octanol–water partition coefficient (Wildman–Crippen LogP) is 22.8. The van der Waals surface area contributed by atoms with E-state index in [2.05, 4.69) is 333 Å².